The summed E-state index contributed by atoms with van der Waals surface area (Å²) in [6.45, 7) is 2.06. The molecule has 1 aromatic rings. The maximum atomic E-state index is 12.1. The maximum Gasteiger partial charge on any atom is 0.240 e. The lowest BCUT2D eigenvalue weighted by Crippen LogP contribution is -2.37. The zero-order valence-corrected chi connectivity index (χ0v) is 11.5. The summed E-state index contributed by atoms with van der Waals surface area (Å²) in [6.07, 6.45) is 4.37. The second-order valence-corrected chi connectivity index (χ2v) is 6.61. The molecule has 0 spiro atoms. The van der Waals surface area contributed by atoms with Gasteiger partial charge >= 0.3 is 0 Å². The fourth-order valence-corrected chi connectivity index (χ4v) is 3.56. The first-order chi connectivity index (χ1) is 8.53. The molecule has 1 unspecified atom stereocenters. The fraction of sp³-hybridized carbons (Fsp3) is 0.538. The summed E-state index contributed by atoms with van der Waals surface area (Å²) >= 11 is 0. The minimum atomic E-state index is -3.44. The molecule has 4 nitrogen and oxygen atoms in total. The van der Waals surface area contributed by atoms with Crippen molar-refractivity contribution in [2.75, 3.05) is 6.54 Å². The average Bonchev–Trinajstić information content (AvgIpc) is 2.37. The summed E-state index contributed by atoms with van der Waals surface area (Å²) in [5, 5.41) is 0. The van der Waals surface area contributed by atoms with Crippen molar-refractivity contribution in [1.82, 2.24) is 4.72 Å². The van der Waals surface area contributed by atoms with E-state index in [4.69, 9.17) is 5.73 Å². The normalized spacial score (nSPS) is 17.2. The largest absolute Gasteiger partial charge is 0.329 e. The molecule has 0 aliphatic heterocycles. The number of hydrogen-bond donors (Lipinski definition) is 2. The van der Waals surface area contributed by atoms with Crippen LogP contribution in [-0.2, 0) is 22.9 Å². The van der Waals surface area contributed by atoms with Gasteiger partial charge < -0.3 is 5.73 Å². The van der Waals surface area contributed by atoms with E-state index in [0.717, 1.165) is 19.3 Å². The van der Waals surface area contributed by atoms with Gasteiger partial charge in [-0.3, -0.25) is 0 Å². The standard InChI is InChI=1S/C13H20N2O2S/c1-10(9-14)15-18(16,17)13-7-6-11-4-2-3-5-12(11)8-13/h6-8,10,15H,2-5,9,14H2,1H3. The van der Waals surface area contributed by atoms with Crippen LogP contribution in [0, 0.1) is 0 Å². The van der Waals surface area contributed by atoms with Crippen LogP contribution in [0.4, 0.5) is 0 Å². The summed E-state index contributed by atoms with van der Waals surface area (Å²) in [5.41, 5.74) is 7.90. The molecule has 18 heavy (non-hydrogen) atoms. The van der Waals surface area contributed by atoms with E-state index in [9.17, 15) is 8.42 Å². The summed E-state index contributed by atoms with van der Waals surface area (Å²) in [4.78, 5) is 0.350. The van der Waals surface area contributed by atoms with Gasteiger partial charge in [0, 0.05) is 12.6 Å². The molecular formula is C13H20N2O2S. The van der Waals surface area contributed by atoms with Crippen molar-refractivity contribution in [2.45, 2.75) is 43.5 Å². The molecule has 1 aliphatic rings. The lowest BCUT2D eigenvalue weighted by atomic mass is 9.92. The van der Waals surface area contributed by atoms with Crippen LogP contribution in [0.2, 0.25) is 0 Å². The Bertz CT molecular complexity index is 526. The minimum Gasteiger partial charge on any atom is -0.329 e. The number of fused-ring (bicyclic) bond motifs is 1. The maximum absolute atomic E-state index is 12.1. The third-order valence-electron chi connectivity index (χ3n) is 3.34. The van der Waals surface area contributed by atoms with Gasteiger partial charge in [0.05, 0.1) is 4.90 Å². The van der Waals surface area contributed by atoms with Gasteiger partial charge in [0.25, 0.3) is 0 Å². The van der Waals surface area contributed by atoms with Gasteiger partial charge in [0.2, 0.25) is 10.0 Å². The minimum absolute atomic E-state index is 0.244. The first-order valence-corrected chi connectivity index (χ1v) is 7.85. The van der Waals surface area contributed by atoms with Crippen LogP contribution in [0.3, 0.4) is 0 Å². The lowest BCUT2D eigenvalue weighted by molar-refractivity contribution is 0.562. The molecule has 1 atom stereocenters. The second-order valence-electron chi connectivity index (χ2n) is 4.90. The second kappa shape index (κ2) is 5.38. The highest BCUT2D eigenvalue weighted by atomic mass is 32.2. The Balaban J connectivity index is 2.28. The molecule has 0 radical (unpaired) electrons. The molecule has 0 aromatic heterocycles. The van der Waals surface area contributed by atoms with Gasteiger partial charge in [-0.25, -0.2) is 13.1 Å². The van der Waals surface area contributed by atoms with Gasteiger partial charge in [0.15, 0.2) is 0 Å². The molecule has 1 aliphatic carbocycles. The van der Waals surface area contributed by atoms with Crippen LogP contribution < -0.4 is 10.5 Å². The van der Waals surface area contributed by atoms with E-state index < -0.39 is 10.0 Å². The molecule has 0 amide bonds. The third-order valence-corrected chi connectivity index (χ3v) is 4.93. The van der Waals surface area contributed by atoms with Gasteiger partial charge in [-0.05, 0) is 55.9 Å². The van der Waals surface area contributed by atoms with Gasteiger partial charge in [-0.1, -0.05) is 6.07 Å². The molecule has 1 aromatic carbocycles. The summed E-state index contributed by atoms with van der Waals surface area (Å²) in [7, 11) is -3.44. The Kier molecular flexibility index (Phi) is 4.04. The Morgan fingerprint density at radius 1 is 1.28 bits per heavy atom. The van der Waals surface area contributed by atoms with Crippen molar-refractivity contribution < 1.29 is 8.42 Å². The van der Waals surface area contributed by atoms with E-state index in [1.165, 1.54) is 17.5 Å². The van der Waals surface area contributed by atoms with Crippen LogP contribution in [0.25, 0.3) is 0 Å². The summed E-state index contributed by atoms with van der Waals surface area (Å²) in [6, 6.07) is 5.19. The molecular weight excluding hydrogens is 248 g/mol. The Hall–Kier alpha value is -0.910. The van der Waals surface area contributed by atoms with E-state index in [0.29, 0.717) is 11.4 Å². The van der Waals surface area contributed by atoms with E-state index >= 15 is 0 Å². The summed E-state index contributed by atoms with van der Waals surface area (Å²) < 4.78 is 26.8. The molecule has 0 heterocycles. The van der Waals surface area contributed by atoms with Gasteiger partial charge in [0.1, 0.15) is 0 Å². The number of aryl methyl sites for hydroxylation is 2. The highest BCUT2D eigenvalue weighted by Crippen LogP contribution is 2.24. The molecule has 0 saturated heterocycles. The molecule has 0 bridgehead atoms. The van der Waals surface area contributed by atoms with E-state index in [-0.39, 0.29) is 6.04 Å². The SMILES string of the molecule is CC(CN)NS(=O)(=O)c1ccc2c(c1)CCCC2. The van der Waals surface area contributed by atoms with Crippen LogP contribution in [-0.4, -0.2) is 21.0 Å². The number of rotatable bonds is 4. The first kappa shape index (κ1) is 13.5. The quantitative estimate of drug-likeness (QED) is 0.861. The van der Waals surface area contributed by atoms with Crippen LogP contribution in [0.15, 0.2) is 23.1 Å². The zero-order valence-electron chi connectivity index (χ0n) is 10.6. The zero-order chi connectivity index (χ0) is 13.2. The van der Waals surface area contributed by atoms with E-state index in [1.807, 2.05) is 6.07 Å². The van der Waals surface area contributed by atoms with Gasteiger partial charge in [-0.15, -0.1) is 0 Å². The van der Waals surface area contributed by atoms with Crippen LogP contribution in [0.5, 0.6) is 0 Å². The third kappa shape index (κ3) is 2.91. The number of nitrogens with one attached hydrogen (secondary N) is 1. The summed E-state index contributed by atoms with van der Waals surface area (Å²) in [5.74, 6) is 0. The Morgan fingerprint density at radius 3 is 2.61 bits per heavy atom. The van der Waals surface area contributed by atoms with Crippen molar-refractivity contribution in [1.29, 1.82) is 0 Å². The fourth-order valence-electron chi connectivity index (χ4n) is 2.26. The molecule has 3 N–H and O–H groups in total. The molecule has 0 fully saturated rings. The predicted molar refractivity (Wildman–Crippen MR) is 71.9 cm³/mol. The smallest absolute Gasteiger partial charge is 0.240 e. The number of hydrogen-bond acceptors (Lipinski definition) is 3. The van der Waals surface area contributed by atoms with Crippen molar-refractivity contribution in [3.05, 3.63) is 29.3 Å². The van der Waals surface area contributed by atoms with Crippen LogP contribution in [0.1, 0.15) is 30.9 Å². The van der Waals surface area contributed by atoms with Crippen LogP contribution >= 0.6 is 0 Å². The lowest BCUT2D eigenvalue weighted by Gasteiger charge is -2.17. The Labute approximate surface area is 109 Å². The number of nitrogens with two attached hydrogens (primary N) is 1. The highest BCUT2D eigenvalue weighted by molar-refractivity contribution is 7.89. The van der Waals surface area contributed by atoms with E-state index in [1.54, 1.807) is 19.1 Å². The highest BCUT2D eigenvalue weighted by Gasteiger charge is 2.19. The first-order valence-electron chi connectivity index (χ1n) is 6.37. The average molecular weight is 268 g/mol. The monoisotopic (exact) mass is 268 g/mol. The topological polar surface area (TPSA) is 72.2 Å². The number of sulfonamides is 1. The van der Waals surface area contributed by atoms with Crippen molar-refractivity contribution in [3.63, 3.8) is 0 Å². The van der Waals surface area contributed by atoms with E-state index in [2.05, 4.69) is 4.72 Å². The molecule has 2 rings (SSSR count). The van der Waals surface area contributed by atoms with Crippen molar-refractivity contribution >= 4 is 10.0 Å². The van der Waals surface area contributed by atoms with Crippen molar-refractivity contribution in [3.8, 4) is 0 Å². The molecule has 0 saturated carbocycles. The number of benzene rings is 1. The van der Waals surface area contributed by atoms with Gasteiger partial charge in [-0.2, -0.15) is 0 Å². The molecule has 100 valence electrons. The predicted octanol–water partition coefficient (Wildman–Crippen LogP) is 1.19. The Morgan fingerprint density at radius 2 is 1.94 bits per heavy atom. The van der Waals surface area contributed by atoms with Crippen molar-refractivity contribution in [2.24, 2.45) is 5.73 Å². The molecule has 5 heteroatoms.